The zero-order chi connectivity index (χ0) is 15.9. The lowest BCUT2D eigenvalue weighted by Gasteiger charge is -2.02. The molecule has 0 atom stereocenters. The smallest absolute Gasteiger partial charge is 0.331 e. The molecule has 114 valence electrons. The van der Waals surface area contributed by atoms with Gasteiger partial charge in [-0.05, 0) is 18.2 Å². The second kappa shape index (κ2) is 5.30. The van der Waals surface area contributed by atoms with Gasteiger partial charge in [-0.25, -0.2) is 4.79 Å². The summed E-state index contributed by atoms with van der Waals surface area (Å²) >= 11 is 1.11. The predicted octanol–water partition coefficient (Wildman–Crippen LogP) is 0.822. The zero-order valence-electron chi connectivity index (χ0n) is 12.0. The molecule has 0 saturated heterocycles. The molecule has 0 aliphatic carbocycles. The van der Waals surface area contributed by atoms with E-state index in [2.05, 4.69) is 5.32 Å². The van der Waals surface area contributed by atoms with Gasteiger partial charge < -0.3 is 9.73 Å². The summed E-state index contributed by atoms with van der Waals surface area (Å²) in [5, 5.41) is 3.07. The predicted molar refractivity (Wildman–Crippen MR) is 82.2 cm³/mol. The molecule has 1 N–H and O–H groups in total. The zero-order valence-corrected chi connectivity index (χ0v) is 12.8. The molecule has 3 heterocycles. The molecule has 0 spiro atoms. The molecule has 3 aromatic rings. The molecule has 7 nitrogen and oxygen atoms in total. The van der Waals surface area contributed by atoms with E-state index in [0.717, 1.165) is 15.9 Å². The number of fused-ring (bicyclic) bond motifs is 1. The second-order valence-electron chi connectivity index (χ2n) is 4.80. The highest BCUT2D eigenvalue weighted by Crippen LogP contribution is 2.21. The third kappa shape index (κ3) is 2.27. The first kappa shape index (κ1) is 14.3. The summed E-state index contributed by atoms with van der Waals surface area (Å²) in [5.41, 5.74) is -0.818. The van der Waals surface area contributed by atoms with Crippen LogP contribution in [0.25, 0.3) is 10.2 Å². The molecule has 0 saturated carbocycles. The van der Waals surface area contributed by atoms with Crippen molar-refractivity contribution in [2.75, 3.05) is 0 Å². The van der Waals surface area contributed by atoms with Crippen LogP contribution >= 0.6 is 11.3 Å². The number of furan rings is 1. The SMILES string of the molecule is Cn1c(=O)c2cc(C(=O)NCc3ccco3)sc2n(C)c1=O. The summed E-state index contributed by atoms with van der Waals surface area (Å²) in [5.74, 6) is 0.324. The Kier molecular flexibility index (Phi) is 3.45. The van der Waals surface area contributed by atoms with Crippen LogP contribution in [0.5, 0.6) is 0 Å². The molecule has 22 heavy (non-hydrogen) atoms. The third-order valence-corrected chi connectivity index (χ3v) is 4.56. The number of nitrogens with zero attached hydrogens (tertiary/aromatic N) is 2. The lowest BCUT2D eigenvalue weighted by Crippen LogP contribution is -2.36. The van der Waals surface area contributed by atoms with Crippen molar-refractivity contribution in [2.24, 2.45) is 14.1 Å². The van der Waals surface area contributed by atoms with Gasteiger partial charge in [0.2, 0.25) is 0 Å². The Morgan fingerprint density at radius 1 is 1.32 bits per heavy atom. The first-order valence-corrected chi connectivity index (χ1v) is 7.31. The number of hydrogen-bond acceptors (Lipinski definition) is 5. The van der Waals surface area contributed by atoms with E-state index in [1.807, 2.05) is 0 Å². The number of aromatic nitrogens is 2. The lowest BCUT2D eigenvalue weighted by atomic mass is 10.3. The van der Waals surface area contributed by atoms with Crippen LogP contribution in [0.1, 0.15) is 15.4 Å². The van der Waals surface area contributed by atoms with Crippen LogP contribution in [0, 0.1) is 0 Å². The molecule has 3 rings (SSSR count). The molecule has 3 aromatic heterocycles. The second-order valence-corrected chi connectivity index (χ2v) is 5.83. The van der Waals surface area contributed by atoms with E-state index in [0.29, 0.717) is 20.9 Å². The number of rotatable bonds is 3. The minimum Gasteiger partial charge on any atom is -0.467 e. The highest BCUT2D eigenvalue weighted by molar-refractivity contribution is 7.20. The van der Waals surface area contributed by atoms with Crippen LogP contribution in [-0.2, 0) is 20.6 Å². The van der Waals surface area contributed by atoms with Crippen molar-refractivity contribution in [1.29, 1.82) is 0 Å². The minimum absolute atomic E-state index is 0.261. The van der Waals surface area contributed by atoms with E-state index in [9.17, 15) is 14.4 Å². The molecule has 0 aliphatic rings. The van der Waals surface area contributed by atoms with Gasteiger partial charge in [0.05, 0.1) is 23.1 Å². The van der Waals surface area contributed by atoms with Gasteiger partial charge in [0.15, 0.2) is 0 Å². The standard InChI is InChI=1S/C14H13N3O4S/c1-16-12(19)9-6-10(22-13(9)17(2)14(16)20)11(18)15-7-8-4-3-5-21-8/h3-6H,7H2,1-2H3,(H,15,18). The maximum atomic E-state index is 12.2. The van der Waals surface area contributed by atoms with Crippen LogP contribution in [0.15, 0.2) is 38.5 Å². The van der Waals surface area contributed by atoms with Crippen LogP contribution in [0.4, 0.5) is 0 Å². The normalized spacial score (nSPS) is 11.0. The van der Waals surface area contributed by atoms with E-state index in [1.54, 1.807) is 19.2 Å². The summed E-state index contributed by atoms with van der Waals surface area (Å²) in [6.45, 7) is 0.261. The molecule has 8 heteroatoms. The van der Waals surface area contributed by atoms with Gasteiger partial charge in [-0.15, -0.1) is 11.3 Å². The summed E-state index contributed by atoms with van der Waals surface area (Å²) in [7, 11) is 2.99. The molecule has 0 aliphatic heterocycles. The van der Waals surface area contributed by atoms with Crippen molar-refractivity contribution in [3.05, 3.63) is 55.9 Å². The fraction of sp³-hybridized carbons (Fsp3) is 0.214. The molecule has 0 unspecified atom stereocenters. The van der Waals surface area contributed by atoms with Crippen molar-refractivity contribution >= 4 is 27.5 Å². The molecular weight excluding hydrogens is 306 g/mol. The largest absolute Gasteiger partial charge is 0.467 e. The fourth-order valence-electron chi connectivity index (χ4n) is 2.14. The minimum atomic E-state index is -0.415. The van der Waals surface area contributed by atoms with Gasteiger partial charge in [-0.2, -0.15) is 0 Å². The Balaban J connectivity index is 1.97. The first-order valence-electron chi connectivity index (χ1n) is 6.49. The quantitative estimate of drug-likeness (QED) is 0.774. The molecule has 0 bridgehead atoms. The van der Waals surface area contributed by atoms with Crippen LogP contribution in [0.3, 0.4) is 0 Å². The van der Waals surface area contributed by atoms with Crippen molar-refractivity contribution in [3.8, 4) is 0 Å². The molecule has 1 amide bonds. The van der Waals surface area contributed by atoms with Gasteiger partial charge in [0, 0.05) is 14.1 Å². The number of carbonyl (C=O) groups is 1. The van der Waals surface area contributed by atoms with Crippen LogP contribution in [-0.4, -0.2) is 15.0 Å². The van der Waals surface area contributed by atoms with Crippen LogP contribution in [0.2, 0.25) is 0 Å². The molecule has 0 radical (unpaired) electrons. The molecule has 0 fully saturated rings. The summed E-state index contributed by atoms with van der Waals surface area (Å²) in [6, 6.07) is 5.00. The molecular formula is C14H13N3O4S. The Hall–Kier alpha value is -2.61. The average molecular weight is 319 g/mol. The topological polar surface area (TPSA) is 86.2 Å². The summed E-state index contributed by atoms with van der Waals surface area (Å²) < 4.78 is 7.53. The summed E-state index contributed by atoms with van der Waals surface area (Å²) in [6.07, 6.45) is 1.53. The number of thiophene rings is 1. The fourth-order valence-corrected chi connectivity index (χ4v) is 3.16. The highest BCUT2D eigenvalue weighted by atomic mass is 32.1. The van der Waals surface area contributed by atoms with E-state index >= 15 is 0 Å². The van der Waals surface area contributed by atoms with Gasteiger partial charge in [-0.3, -0.25) is 18.7 Å². The Labute approximate surface area is 128 Å². The van der Waals surface area contributed by atoms with E-state index in [4.69, 9.17) is 4.42 Å². The number of amides is 1. The Morgan fingerprint density at radius 2 is 2.09 bits per heavy atom. The van der Waals surface area contributed by atoms with Crippen molar-refractivity contribution in [3.63, 3.8) is 0 Å². The monoisotopic (exact) mass is 319 g/mol. The number of aryl methyl sites for hydroxylation is 1. The van der Waals surface area contributed by atoms with Crippen molar-refractivity contribution in [2.45, 2.75) is 6.54 Å². The van der Waals surface area contributed by atoms with Crippen molar-refractivity contribution in [1.82, 2.24) is 14.5 Å². The van der Waals surface area contributed by atoms with Gasteiger partial charge in [0.25, 0.3) is 11.5 Å². The van der Waals surface area contributed by atoms with Gasteiger partial charge in [0.1, 0.15) is 10.6 Å². The average Bonchev–Trinajstić information content (AvgIpc) is 3.17. The van der Waals surface area contributed by atoms with E-state index < -0.39 is 11.2 Å². The Morgan fingerprint density at radius 3 is 2.77 bits per heavy atom. The first-order chi connectivity index (χ1) is 10.5. The number of hydrogen-bond donors (Lipinski definition) is 1. The molecule has 0 aromatic carbocycles. The van der Waals surface area contributed by atoms with E-state index in [1.165, 1.54) is 23.9 Å². The lowest BCUT2D eigenvalue weighted by molar-refractivity contribution is 0.0952. The van der Waals surface area contributed by atoms with Gasteiger partial charge in [-0.1, -0.05) is 0 Å². The van der Waals surface area contributed by atoms with Crippen LogP contribution < -0.4 is 16.6 Å². The van der Waals surface area contributed by atoms with Crippen molar-refractivity contribution < 1.29 is 9.21 Å². The maximum Gasteiger partial charge on any atom is 0.331 e. The van der Waals surface area contributed by atoms with Gasteiger partial charge >= 0.3 is 5.69 Å². The highest BCUT2D eigenvalue weighted by Gasteiger charge is 2.16. The summed E-state index contributed by atoms with van der Waals surface area (Å²) in [4.78, 5) is 37.0. The van der Waals surface area contributed by atoms with E-state index in [-0.39, 0.29) is 12.5 Å². The maximum absolute atomic E-state index is 12.2. The Bertz CT molecular complexity index is 963. The number of carbonyl (C=O) groups excluding carboxylic acids is 1. The third-order valence-electron chi connectivity index (χ3n) is 3.35. The number of nitrogens with one attached hydrogen (secondary N) is 1.